The Bertz CT molecular complexity index is 456. The Hall–Kier alpha value is -1.09. The van der Waals surface area contributed by atoms with E-state index in [1.54, 1.807) is 0 Å². The number of aldehydes is 1. The van der Waals surface area contributed by atoms with Crippen LogP contribution in [0.4, 0.5) is 0 Å². The summed E-state index contributed by atoms with van der Waals surface area (Å²) in [5.41, 5.74) is 0.453. The Morgan fingerprint density at radius 3 is 2.05 bits per heavy atom. The number of para-hydroxylation sites is 1. The molecule has 0 aliphatic carbocycles. The minimum Gasteiger partial charge on any atom is -0.543 e. The lowest BCUT2D eigenvalue weighted by Crippen LogP contribution is -2.44. The minimum atomic E-state index is -1.88. The average molecular weight is 278 g/mol. The summed E-state index contributed by atoms with van der Waals surface area (Å²) in [4.78, 5) is 11.3. The van der Waals surface area contributed by atoms with Crippen molar-refractivity contribution in [2.24, 2.45) is 0 Å². The third-order valence-electron chi connectivity index (χ3n) is 4.05. The van der Waals surface area contributed by atoms with Crippen molar-refractivity contribution in [2.45, 2.75) is 58.2 Å². The molecule has 0 N–H and O–H groups in total. The lowest BCUT2D eigenvalue weighted by atomic mass is 9.86. The fraction of sp³-hybridized carbons (Fsp3) is 0.562. The monoisotopic (exact) mass is 278 g/mol. The Kier molecular flexibility index (Phi) is 4.30. The smallest absolute Gasteiger partial charge is 0.250 e. The molecule has 0 spiro atoms. The highest BCUT2D eigenvalue weighted by Crippen LogP contribution is 2.39. The molecule has 0 aliphatic rings. The quantitative estimate of drug-likeness (QED) is 0.596. The van der Waals surface area contributed by atoms with E-state index in [-0.39, 0.29) is 5.04 Å². The van der Waals surface area contributed by atoms with Gasteiger partial charge >= 0.3 is 0 Å². The molecule has 0 atom stereocenters. The SMILES string of the molecule is CC(C)(C=O)c1ccccc1O[Si](C)(C)C(C)(C)C. The maximum atomic E-state index is 11.3. The molecule has 1 rings (SSSR count). The van der Waals surface area contributed by atoms with E-state index in [1.165, 1.54) is 0 Å². The zero-order valence-electron chi connectivity index (χ0n) is 13.2. The van der Waals surface area contributed by atoms with Gasteiger partial charge in [0.05, 0.1) is 0 Å². The Balaban J connectivity index is 3.20. The summed E-state index contributed by atoms with van der Waals surface area (Å²) in [6.07, 6.45) is 0.987. The summed E-state index contributed by atoms with van der Waals surface area (Å²) in [6, 6.07) is 7.88. The van der Waals surface area contributed by atoms with Crippen molar-refractivity contribution in [1.82, 2.24) is 0 Å². The summed E-state index contributed by atoms with van der Waals surface area (Å²) in [5.74, 6) is 0.853. The van der Waals surface area contributed by atoms with E-state index in [2.05, 4.69) is 33.9 Å². The molecule has 0 unspecified atom stereocenters. The molecule has 1 aromatic rings. The molecular formula is C16H26O2Si. The number of carbonyl (C=O) groups is 1. The highest BCUT2D eigenvalue weighted by atomic mass is 28.4. The molecule has 2 nitrogen and oxygen atoms in total. The lowest BCUT2D eigenvalue weighted by molar-refractivity contribution is -0.111. The van der Waals surface area contributed by atoms with Gasteiger partial charge in [-0.25, -0.2) is 0 Å². The topological polar surface area (TPSA) is 26.3 Å². The van der Waals surface area contributed by atoms with Crippen molar-refractivity contribution in [3.8, 4) is 5.75 Å². The Morgan fingerprint density at radius 1 is 1.05 bits per heavy atom. The lowest BCUT2D eigenvalue weighted by Gasteiger charge is -2.38. The number of rotatable bonds is 4. The predicted molar refractivity (Wildman–Crippen MR) is 83.4 cm³/mol. The molecule has 0 bridgehead atoms. The normalized spacial score (nSPS) is 13.2. The molecule has 0 fully saturated rings. The van der Waals surface area contributed by atoms with Crippen molar-refractivity contribution < 1.29 is 9.22 Å². The largest absolute Gasteiger partial charge is 0.543 e. The maximum absolute atomic E-state index is 11.3. The van der Waals surface area contributed by atoms with Crippen LogP contribution in [0, 0.1) is 0 Å². The van der Waals surface area contributed by atoms with Crippen LogP contribution in [0.1, 0.15) is 40.2 Å². The van der Waals surface area contributed by atoms with Gasteiger partial charge in [0.25, 0.3) is 0 Å². The molecule has 0 heterocycles. The van der Waals surface area contributed by atoms with Crippen molar-refractivity contribution >= 4 is 14.6 Å². The van der Waals surface area contributed by atoms with Crippen LogP contribution in [-0.4, -0.2) is 14.6 Å². The number of hydrogen-bond donors (Lipinski definition) is 0. The van der Waals surface area contributed by atoms with Gasteiger partial charge < -0.3 is 9.22 Å². The fourth-order valence-corrected chi connectivity index (χ4v) is 2.61. The zero-order valence-corrected chi connectivity index (χ0v) is 14.2. The van der Waals surface area contributed by atoms with Crippen molar-refractivity contribution in [3.05, 3.63) is 29.8 Å². The van der Waals surface area contributed by atoms with Crippen molar-refractivity contribution in [3.63, 3.8) is 0 Å². The molecular weight excluding hydrogens is 252 g/mol. The first-order chi connectivity index (χ1) is 8.51. The van der Waals surface area contributed by atoms with Gasteiger partial charge in [-0.2, -0.15) is 0 Å². The molecule has 3 heteroatoms. The van der Waals surface area contributed by atoms with Crippen LogP contribution >= 0.6 is 0 Å². The first-order valence-electron chi connectivity index (χ1n) is 6.76. The van der Waals surface area contributed by atoms with Crippen LogP contribution in [-0.2, 0) is 10.2 Å². The molecule has 106 valence electrons. The van der Waals surface area contributed by atoms with Gasteiger partial charge in [0.1, 0.15) is 12.0 Å². The van der Waals surface area contributed by atoms with Crippen molar-refractivity contribution in [2.75, 3.05) is 0 Å². The van der Waals surface area contributed by atoms with E-state index in [4.69, 9.17) is 4.43 Å². The van der Waals surface area contributed by atoms with Crippen molar-refractivity contribution in [1.29, 1.82) is 0 Å². The number of carbonyl (C=O) groups excluding carboxylic acids is 1. The van der Waals surface area contributed by atoms with E-state index >= 15 is 0 Å². The van der Waals surface area contributed by atoms with Gasteiger partial charge in [0.15, 0.2) is 0 Å². The van der Waals surface area contributed by atoms with Crippen LogP contribution in [0.3, 0.4) is 0 Å². The predicted octanol–water partition coefficient (Wildman–Crippen LogP) is 4.55. The van der Waals surface area contributed by atoms with E-state index in [0.717, 1.165) is 17.6 Å². The molecule has 0 aromatic heterocycles. The van der Waals surface area contributed by atoms with E-state index in [1.807, 2.05) is 38.1 Å². The molecule has 19 heavy (non-hydrogen) atoms. The van der Waals surface area contributed by atoms with Crippen LogP contribution < -0.4 is 4.43 Å². The third-order valence-corrected chi connectivity index (χ3v) is 8.39. The van der Waals surface area contributed by atoms with Crippen LogP contribution in [0.5, 0.6) is 5.75 Å². The summed E-state index contributed by atoms with van der Waals surface area (Å²) in [6.45, 7) is 14.9. The number of benzene rings is 1. The van der Waals surface area contributed by atoms with Gasteiger partial charge in [-0.3, -0.25) is 0 Å². The summed E-state index contributed by atoms with van der Waals surface area (Å²) in [5, 5.41) is 0.144. The Labute approximate surface area is 118 Å². The number of hydrogen-bond acceptors (Lipinski definition) is 2. The van der Waals surface area contributed by atoms with Crippen LogP contribution in [0.2, 0.25) is 18.1 Å². The molecule has 0 aliphatic heterocycles. The first kappa shape index (κ1) is 16.0. The Morgan fingerprint density at radius 2 is 1.58 bits per heavy atom. The highest BCUT2D eigenvalue weighted by Gasteiger charge is 2.40. The maximum Gasteiger partial charge on any atom is 0.250 e. The first-order valence-corrected chi connectivity index (χ1v) is 9.67. The molecule has 1 aromatic carbocycles. The summed E-state index contributed by atoms with van der Waals surface area (Å²) < 4.78 is 6.37. The summed E-state index contributed by atoms with van der Waals surface area (Å²) >= 11 is 0. The van der Waals surface area contributed by atoms with E-state index in [9.17, 15) is 4.79 Å². The molecule has 0 amide bonds. The standard InChI is InChI=1S/C16H26O2Si/c1-15(2,3)19(6,7)18-14-11-9-8-10-13(14)16(4,5)12-17/h8-12H,1-7H3. The second-order valence-electron chi connectivity index (χ2n) is 7.20. The fourth-order valence-electron chi connectivity index (χ4n) is 1.58. The second-order valence-corrected chi connectivity index (χ2v) is 11.9. The van der Waals surface area contributed by atoms with E-state index in [0.29, 0.717) is 0 Å². The van der Waals surface area contributed by atoms with Crippen LogP contribution in [0.25, 0.3) is 0 Å². The van der Waals surface area contributed by atoms with Gasteiger partial charge in [-0.15, -0.1) is 0 Å². The molecule has 0 saturated carbocycles. The molecule has 0 saturated heterocycles. The minimum absolute atomic E-state index is 0.144. The van der Waals surface area contributed by atoms with Gasteiger partial charge in [0, 0.05) is 11.0 Å². The third kappa shape index (κ3) is 3.47. The molecule has 0 radical (unpaired) electrons. The zero-order chi connectivity index (χ0) is 14.9. The highest BCUT2D eigenvalue weighted by molar-refractivity contribution is 6.74. The van der Waals surface area contributed by atoms with E-state index < -0.39 is 13.7 Å². The van der Waals surface area contributed by atoms with Gasteiger partial charge in [-0.1, -0.05) is 39.0 Å². The van der Waals surface area contributed by atoms with Gasteiger partial charge in [0.2, 0.25) is 8.32 Å². The second kappa shape index (κ2) is 5.12. The van der Waals surface area contributed by atoms with Crippen LogP contribution in [0.15, 0.2) is 24.3 Å². The summed E-state index contributed by atoms with van der Waals surface area (Å²) in [7, 11) is -1.88. The van der Waals surface area contributed by atoms with Gasteiger partial charge in [-0.05, 0) is 38.0 Å². The average Bonchev–Trinajstić information content (AvgIpc) is 2.27.